The van der Waals surface area contributed by atoms with E-state index in [0.717, 1.165) is 24.6 Å². The molecule has 0 aliphatic carbocycles. The Morgan fingerprint density at radius 2 is 1.86 bits per heavy atom. The monoisotopic (exact) mass is 216 g/mol. The second kappa shape index (κ2) is 6.23. The Morgan fingerprint density at radius 3 is 2.29 bits per heavy atom. The molecular weight excluding hydrogens is 192 g/mol. The third-order valence-corrected chi connectivity index (χ3v) is 2.87. The van der Waals surface area contributed by atoms with Crippen molar-refractivity contribution in [3.63, 3.8) is 0 Å². The maximum Gasteiger partial charge on any atom is 0.166 e. The van der Waals surface area contributed by atoms with Crippen LogP contribution in [0.2, 0.25) is 0 Å². The van der Waals surface area contributed by atoms with Gasteiger partial charge in [-0.1, -0.05) is 34.6 Å². The smallest absolute Gasteiger partial charge is 0.166 e. The van der Waals surface area contributed by atoms with Gasteiger partial charge in [-0.3, -0.25) is 0 Å². The highest BCUT2D eigenvalue weighted by molar-refractivity contribution is 7.80. The maximum atomic E-state index is 5.14. The highest BCUT2D eigenvalue weighted by Gasteiger charge is 2.19. The van der Waals surface area contributed by atoms with Gasteiger partial charge in [0.2, 0.25) is 0 Å². The van der Waals surface area contributed by atoms with Crippen LogP contribution in [-0.2, 0) is 0 Å². The van der Waals surface area contributed by atoms with Crippen LogP contribution in [-0.4, -0.2) is 18.2 Å². The van der Waals surface area contributed by atoms with E-state index in [1.165, 1.54) is 0 Å². The van der Waals surface area contributed by atoms with Crippen LogP contribution < -0.4 is 10.6 Å². The molecule has 0 radical (unpaired) electrons. The Balaban J connectivity index is 3.67. The van der Waals surface area contributed by atoms with Gasteiger partial charge in [0.25, 0.3) is 0 Å². The summed E-state index contributed by atoms with van der Waals surface area (Å²) in [4.78, 5) is 0. The Morgan fingerprint density at radius 1 is 1.29 bits per heavy atom. The van der Waals surface area contributed by atoms with E-state index in [1.807, 2.05) is 0 Å². The average Bonchev–Trinajstić information content (AvgIpc) is 2.09. The van der Waals surface area contributed by atoms with Crippen molar-refractivity contribution in [2.45, 2.75) is 41.0 Å². The molecule has 0 fully saturated rings. The van der Waals surface area contributed by atoms with Crippen molar-refractivity contribution >= 4 is 17.3 Å². The van der Waals surface area contributed by atoms with Gasteiger partial charge in [0, 0.05) is 13.1 Å². The first-order chi connectivity index (χ1) is 6.38. The largest absolute Gasteiger partial charge is 0.363 e. The molecular formula is C11H24N2S. The molecule has 0 saturated carbocycles. The zero-order valence-corrected chi connectivity index (χ0v) is 10.9. The molecule has 0 aromatic heterocycles. The Kier molecular flexibility index (Phi) is 6.09. The second-order valence-electron chi connectivity index (χ2n) is 4.90. The van der Waals surface area contributed by atoms with Crippen LogP contribution in [0.1, 0.15) is 41.0 Å². The van der Waals surface area contributed by atoms with Gasteiger partial charge < -0.3 is 10.6 Å². The number of hydrogen-bond donors (Lipinski definition) is 2. The van der Waals surface area contributed by atoms with Crippen molar-refractivity contribution in [3.05, 3.63) is 0 Å². The molecule has 1 atom stereocenters. The third kappa shape index (κ3) is 6.19. The lowest BCUT2D eigenvalue weighted by Gasteiger charge is -2.27. The molecule has 3 heteroatoms. The van der Waals surface area contributed by atoms with E-state index in [2.05, 4.69) is 45.3 Å². The molecule has 0 saturated heterocycles. The van der Waals surface area contributed by atoms with E-state index in [0.29, 0.717) is 11.3 Å². The maximum absolute atomic E-state index is 5.14. The van der Waals surface area contributed by atoms with E-state index >= 15 is 0 Å². The summed E-state index contributed by atoms with van der Waals surface area (Å²) < 4.78 is 0. The van der Waals surface area contributed by atoms with E-state index in [1.54, 1.807) is 0 Å². The first-order valence-corrected chi connectivity index (χ1v) is 5.80. The number of hydrogen-bond acceptors (Lipinski definition) is 1. The first kappa shape index (κ1) is 13.7. The van der Waals surface area contributed by atoms with Crippen molar-refractivity contribution < 1.29 is 0 Å². The van der Waals surface area contributed by atoms with Crippen LogP contribution in [0.5, 0.6) is 0 Å². The van der Waals surface area contributed by atoms with Crippen LogP contribution in [0, 0.1) is 11.3 Å². The van der Waals surface area contributed by atoms with Crippen molar-refractivity contribution in [1.82, 2.24) is 10.6 Å². The van der Waals surface area contributed by atoms with Crippen LogP contribution in [0.3, 0.4) is 0 Å². The summed E-state index contributed by atoms with van der Waals surface area (Å²) in [5.74, 6) is 0.615. The van der Waals surface area contributed by atoms with Crippen LogP contribution in [0.15, 0.2) is 0 Å². The van der Waals surface area contributed by atoms with E-state index < -0.39 is 0 Å². The lowest BCUT2D eigenvalue weighted by Crippen LogP contribution is -2.40. The first-order valence-electron chi connectivity index (χ1n) is 5.39. The molecule has 2 nitrogen and oxygen atoms in total. The van der Waals surface area contributed by atoms with Crippen LogP contribution in [0.4, 0.5) is 0 Å². The molecule has 1 unspecified atom stereocenters. The van der Waals surface area contributed by atoms with Gasteiger partial charge in [0.15, 0.2) is 5.11 Å². The molecule has 84 valence electrons. The van der Waals surface area contributed by atoms with Crippen molar-refractivity contribution in [2.75, 3.05) is 13.1 Å². The molecule has 0 spiro atoms. The molecule has 0 rings (SSSR count). The normalized spacial score (nSPS) is 13.5. The highest BCUT2D eigenvalue weighted by Crippen LogP contribution is 2.24. The summed E-state index contributed by atoms with van der Waals surface area (Å²) in [6.45, 7) is 13.0. The molecule has 0 amide bonds. The number of rotatable bonds is 4. The van der Waals surface area contributed by atoms with Gasteiger partial charge in [-0.2, -0.15) is 0 Å². The van der Waals surface area contributed by atoms with Gasteiger partial charge in [-0.05, 0) is 30.0 Å². The van der Waals surface area contributed by atoms with Gasteiger partial charge in [-0.25, -0.2) is 0 Å². The summed E-state index contributed by atoms with van der Waals surface area (Å²) in [5.41, 5.74) is 0.341. The minimum Gasteiger partial charge on any atom is -0.363 e. The predicted octanol–water partition coefficient (Wildman–Crippen LogP) is 2.54. The van der Waals surface area contributed by atoms with Crippen molar-refractivity contribution in [3.8, 4) is 0 Å². The minimum atomic E-state index is 0.341. The SMILES string of the molecule is CCCNC(=S)NCC(C)C(C)(C)C. The fraction of sp³-hybridized carbons (Fsp3) is 0.909. The van der Waals surface area contributed by atoms with Gasteiger partial charge in [0.1, 0.15) is 0 Å². The third-order valence-electron chi connectivity index (χ3n) is 2.58. The van der Waals surface area contributed by atoms with Crippen molar-refractivity contribution in [2.24, 2.45) is 11.3 Å². The standard InChI is InChI=1S/C11H24N2S/c1-6-7-12-10(14)13-8-9(2)11(3,4)5/h9H,6-8H2,1-5H3,(H2,12,13,14). The topological polar surface area (TPSA) is 24.1 Å². The fourth-order valence-electron chi connectivity index (χ4n) is 0.853. The number of nitrogens with one attached hydrogen (secondary N) is 2. The van der Waals surface area contributed by atoms with E-state index in [-0.39, 0.29) is 0 Å². The zero-order chi connectivity index (χ0) is 11.2. The summed E-state index contributed by atoms with van der Waals surface area (Å²) in [7, 11) is 0. The quantitative estimate of drug-likeness (QED) is 0.706. The highest BCUT2D eigenvalue weighted by atomic mass is 32.1. The molecule has 14 heavy (non-hydrogen) atoms. The summed E-state index contributed by atoms with van der Waals surface area (Å²) in [6, 6.07) is 0. The average molecular weight is 216 g/mol. The Hall–Kier alpha value is -0.310. The van der Waals surface area contributed by atoms with Gasteiger partial charge >= 0.3 is 0 Å². The van der Waals surface area contributed by atoms with Crippen LogP contribution >= 0.6 is 12.2 Å². The zero-order valence-electron chi connectivity index (χ0n) is 10.1. The summed E-state index contributed by atoms with van der Waals surface area (Å²) in [6.07, 6.45) is 1.11. The Labute approximate surface area is 93.8 Å². The summed E-state index contributed by atoms with van der Waals surface area (Å²) >= 11 is 5.14. The lowest BCUT2D eigenvalue weighted by atomic mass is 9.82. The fourth-order valence-corrected chi connectivity index (χ4v) is 1.04. The van der Waals surface area contributed by atoms with Crippen molar-refractivity contribution in [1.29, 1.82) is 0 Å². The molecule has 0 bridgehead atoms. The molecule has 0 aliphatic rings. The Bertz CT molecular complexity index is 173. The van der Waals surface area contributed by atoms with Gasteiger partial charge in [-0.15, -0.1) is 0 Å². The van der Waals surface area contributed by atoms with Gasteiger partial charge in [0.05, 0.1) is 0 Å². The van der Waals surface area contributed by atoms with E-state index in [9.17, 15) is 0 Å². The molecule has 0 aromatic rings. The summed E-state index contributed by atoms with van der Waals surface area (Å²) in [5, 5.41) is 7.18. The molecule has 0 aliphatic heterocycles. The predicted molar refractivity (Wildman–Crippen MR) is 67.5 cm³/mol. The molecule has 0 heterocycles. The van der Waals surface area contributed by atoms with Crippen LogP contribution in [0.25, 0.3) is 0 Å². The number of thiocarbonyl (C=S) groups is 1. The van der Waals surface area contributed by atoms with E-state index in [4.69, 9.17) is 12.2 Å². The lowest BCUT2D eigenvalue weighted by molar-refractivity contribution is 0.262. The molecule has 0 aromatic carbocycles. The molecule has 2 N–H and O–H groups in total. The minimum absolute atomic E-state index is 0.341. The second-order valence-corrected chi connectivity index (χ2v) is 5.31.